The molecule has 3 atom stereocenters. The summed E-state index contributed by atoms with van der Waals surface area (Å²) in [4.78, 5) is 10.5. The third-order valence-electron chi connectivity index (χ3n) is 11.0. The maximum absolute atomic E-state index is 6.78. The van der Waals surface area contributed by atoms with E-state index < -0.39 is 5.41 Å². The van der Waals surface area contributed by atoms with Gasteiger partial charge in [0.1, 0.15) is 11.9 Å². The molecule has 0 amide bonds. The Bertz CT molecular complexity index is 2690. The number of hydrogen-bond acceptors (Lipinski definition) is 4. The number of aromatic nitrogens is 2. The van der Waals surface area contributed by atoms with Crippen LogP contribution in [0, 0.1) is 5.92 Å². The third kappa shape index (κ3) is 4.05. The molecule has 4 heteroatoms. The van der Waals surface area contributed by atoms with Gasteiger partial charge in [-0.25, -0.2) is 9.97 Å². The van der Waals surface area contributed by atoms with Gasteiger partial charge in [-0.2, -0.15) is 0 Å². The van der Waals surface area contributed by atoms with E-state index in [9.17, 15) is 0 Å². The van der Waals surface area contributed by atoms with Crippen molar-refractivity contribution in [1.82, 2.24) is 9.97 Å². The molecule has 3 unspecified atom stereocenters. The zero-order valence-corrected chi connectivity index (χ0v) is 28.3. The van der Waals surface area contributed by atoms with E-state index in [0.717, 1.165) is 33.8 Å². The Balaban J connectivity index is 1.29. The fraction of sp³-hybridized carbons (Fsp3) is 0.0638. The van der Waals surface area contributed by atoms with Crippen molar-refractivity contribution in [2.75, 3.05) is 0 Å². The van der Waals surface area contributed by atoms with E-state index in [1.54, 1.807) is 0 Å². The predicted octanol–water partition coefficient (Wildman–Crippen LogP) is 11.7. The van der Waals surface area contributed by atoms with Crippen LogP contribution in [-0.4, -0.2) is 16.1 Å². The topological polar surface area (TPSA) is 35.0 Å². The molecular formula is C47H30N2OS. The number of allylic oxidation sites excluding steroid dienone is 2. The molecule has 2 aliphatic carbocycles. The van der Waals surface area contributed by atoms with Crippen LogP contribution < -0.4 is 4.74 Å². The van der Waals surface area contributed by atoms with Crippen LogP contribution in [-0.2, 0) is 5.41 Å². The van der Waals surface area contributed by atoms with Crippen molar-refractivity contribution >= 4 is 31.5 Å². The number of ether oxygens (including phenoxy) is 1. The van der Waals surface area contributed by atoms with E-state index in [1.165, 1.54) is 48.0 Å². The first-order chi connectivity index (χ1) is 25.3. The Morgan fingerprint density at radius 1 is 0.549 bits per heavy atom. The van der Waals surface area contributed by atoms with Gasteiger partial charge in [0.15, 0.2) is 5.82 Å². The molecule has 240 valence electrons. The zero-order chi connectivity index (χ0) is 33.5. The minimum atomic E-state index is -0.476. The lowest BCUT2D eigenvalue weighted by Gasteiger charge is -2.47. The van der Waals surface area contributed by atoms with E-state index in [2.05, 4.69) is 164 Å². The van der Waals surface area contributed by atoms with E-state index >= 15 is 0 Å². The Kier molecular flexibility index (Phi) is 6.16. The maximum Gasteiger partial charge on any atom is 0.160 e. The molecule has 0 bridgehead atoms. The average Bonchev–Trinajstić information content (AvgIpc) is 3.72. The van der Waals surface area contributed by atoms with Gasteiger partial charge in [0.05, 0.1) is 16.8 Å². The number of hydrogen-bond donors (Lipinski definition) is 0. The van der Waals surface area contributed by atoms with Gasteiger partial charge in [-0.1, -0.05) is 140 Å². The number of fused-ring (bicyclic) bond motifs is 13. The summed E-state index contributed by atoms with van der Waals surface area (Å²) in [5, 5.41) is 2.61. The molecule has 0 saturated carbocycles. The molecule has 3 heterocycles. The summed E-state index contributed by atoms with van der Waals surface area (Å²) in [6.07, 6.45) is 8.82. The molecule has 0 fully saturated rings. The van der Waals surface area contributed by atoms with Gasteiger partial charge in [0, 0.05) is 48.3 Å². The van der Waals surface area contributed by atoms with Crippen LogP contribution in [0.2, 0.25) is 0 Å². The van der Waals surface area contributed by atoms with E-state index in [0.29, 0.717) is 5.82 Å². The quantitative estimate of drug-likeness (QED) is 0.188. The maximum atomic E-state index is 6.78. The lowest BCUT2D eigenvalue weighted by molar-refractivity contribution is 0.141. The largest absolute Gasteiger partial charge is 0.485 e. The molecule has 1 aliphatic heterocycles. The summed E-state index contributed by atoms with van der Waals surface area (Å²) in [7, 11) is 0. The van der Waals surface area contributed by atoms with E-state index in [-0.39, 0.29) is 12.0 Å². The summed E-state index contributed by atoms with van der Waals surface area (Å²) in [6, 6.07) is 52.1. The second-order valence-electron chi connectivity index (χ2n) is 13.6. The molecular weight excluding hydrogens is 641 g/mol. The third-order valence-corrected chi connectivity index (χ3v) is 12.1. The summed E-state index contributed by atoms with van der Waals surface area (Å²) >= 11 is 1.87. The summed E-state index contributed by atoms with van der Waals surface area (Å²) < 4.78 is 9.37. The Morgan fingerprint density at radius 2 is 1.25 bits per heavy atom. The first-order valence-electron chi connectivity index (χ1n) is 17.5. The molecule has 0 radical (unpaired) electrons. The van der Waals surface area contributed by atoms with Crippen LogP contribution in [0.3, 0.4) is 0 Å². The summed E-state index contributed by atoms with van der Waals surface area (Å²) in [5.74, 6) is 1.71. The smallest absolute Gasteiger partial charge is 0.160 e. The molecule has 11 rings (SSSR count). The van der Waals surface area contributed by atoms with Gasteiger partial charge in [0.2, 0.25) is 0 Å². The number of benzene rings is 6. The highest BCUT2D eigenvalue weighted by atomic mass is 32.1. The highest BCUT2D eigenvalue weighted by Crippen LogP contribution is 2.65. The van der Waals surface area contributed by atoms with Crippen molar-refractivity contribution in [3.05, 3.63) is 187 Å². The lowest BCUT2D eigenvalue weighted by atomic mass is 9.60. The van der Waals surface area contributed by atoms with Crippen molar-refractivity contribution in [2.45, 2.75) is 11.5 Å². The van der Waals surface area contributed by atoms with Gasteiger partial charge >= 0.3 is 0 Å². The highest BCUT2D eigenvalue weighted by molar-refractivity contribution is 7.26. The molecule has 8 aromatic rings. The van der Waals surface area contributed by atoms with Crippen molar-refractivity contribution in [3.8, 4) is 50.8 Å². The number of para-hydroxylation sites is 1. The normalized spacial score (nSPS) is 19.5. The highest BCUT2D eigenvalue weighted by Gasteiger charge is 2.56. The Hall–Kier alpha value is -6.10. The molecule has 0 N–H and O–H groups in total. The number of nitrogens with zero attached hydrogens (tertiary/aromatic N) is 2. The minimum absolute atomic E-state index is 0.0557. The van der Waals surface area contributed by atoms with Gasteiger partial charge in [0.25, 0.3) is 0 Å². The van der Waals surface area contributed by atoms with Gasteiger partial charge in [-0.15, -0.1) is 11.3 Å². The second kappa shape index (κ2) is 10.9. The average molecular weight is 671 g/mol. The number of thiophene rings is 1. The second-order valence-corrected chi connectivity index (χ2v) is 14.6. The van der Waals surface area contributed by atoms with Crippen molar-refractivity contribution in [2.24, 2.45) is 5.92 Å². The van der Waals surface area contributed by atoms with Crippen LogP contribution in [0.5, 0.6) is 5.75 Å². The summed E-state index contributed by atoms with van der Waals surface area (Å²) in [6.45, 7) is 0. The van der Waals surface area contributed by atoms with Crippen molar-refractivity contribution < 1.29 is 4.74 Å². The van der Waals surface area contributed by atoms with Gasteiger partial charge in [-0.05, 0) is 52.6 Å². The molecule has 3 nitrogen and oxygen atoms in total. The molecule has 1 spiro atoms. The van der Waals surface area contributed by atoms with Crippen molar-refractivity contribution in [1.29, 1.82) is 0 Å². The first-order valence-corrected chi connectivity index (χ1v) is 18.3. The van der Waals surface area contributed by atoms with Gasteiger partial charge < -0.3 is 4.74 Å². The number of rotatable bonds is 3. The van der Waals surface area contributed by atoms with E-state index in [1.807, 2.05) is 17.4 Å². The fourth-order valence-electron chi connectivity index (χ4n) is 8.93. The van der Waals surface area contributed by atoms with Crippen LogP contribution >= 0.6 is 11.3 Å². The first kappa shape index (κ1) is 28.7. The van der Waals surface area contributed by atoms with Crippen LogP contribution in [0.4, 0.5) is 0 Å². The van der Waals surface area contributed by atoms with Crippen LogP contribution in [0.15, 0.2) is 170 Å². The standard InChI is InChI=1S/C47H30N2OS/c1-3-14-29(15-4-1)37-28-38(49-46(48-37)30-16-5-2-6-17-30)31-19-13-22-35-43(31)45-36(26-27-42-44(45)32-18-7-12-25-41(32)51-42)47(35)33-20-8-10-23-39(33)50-40-24-11-9-21-34(40)47/h1-28,33,39H. The minimum Gasteiger partial charge on any atom is -0.485 e. The van der Waals surface area contributed by atoms with Crippen LogP contribution in [0.25, 0.3) is 65.2 Å². The monoisotopic (exact) mass is 670 g/mol. The van der Waals surface area contributed by atoms with Crippen molar-refractivity contribution in [3.63, 3.8) is 0 Å². The van der Waals surface area contributed by atoms with Gasteiger partial charge in [-0.3, -0.25) is 0 Å². The van der Waals surface area contributed by atoms with Crippen LogP contribution in [0.1, 0.15) is 16.7 Å². The fourth-order valence-corrected chi connectivity index (χ4v) is 10.0. The molecule has 3 aliphatic rings. The lowest BCUT2D eigenvalue weighted by Crippen LogP contribution is -2.47. The Labute approximate surface area is 299 Å². The summed E-state index contributed by atoms with van der Waals surface area (Å²) in [5.41, 5.74) is 10.9. The SMILES string of the molecule is C1=CC2Oc3ccccc3C3(c4cccc(-c5cc(-c6ccccc6)nc(-c6ccccc6)n5)c4-c4c3ccc3sc5ccccc5c43)C2C=C1. The molecule has 2 aromatic heterocycles. The zero-order valence-electron chi connectivity index (χ0n) is 27.5. The predicted molar refractivity (Wildman–Crippen MR) is 209 cm³/mol. The Morgan fingerprint density at radius 3 is 2.14 bits per heavy atom. The molecule has 6 aromatic carbocycles. The molecule has 51 heavy (non-hydrogen) atoms. The molecule has 0 saturated heterocycles. The van der Waals surface area contributed by atoms with E-state index in [4.69, 9.17) is 14.7 Å².